The number of aryl methyl sites for hydroxylation is 1. The van der Waals surface area contributed by atoms with Gasteiger partial charge in [0.25, 0.3) is 0 Å². The molecule has 0 bridgehead atoms. The quantitative estimate of drug-likeness (QED) is 0.588. The van der Waals surface area contributed by atoms with Crippen LogP contribution in [0.4, 0.5) is 5.00 Å². The van der Waals surface area contributed by atoms with Gasteiger partial charge >= 0.3 is 0 Å². The Labute approximate surface area is 179 Å². The van der Waals surface area contributed by atoms with Gasteiger partial charge in [0.05, 0.1) is 28.4 Å². The maximum absolute atomic E-state index is 12.9. The van der Waals surface area contributed by atoms with Crippen LogP contribution in [0.25, 0.3) is 10.2 Å². The first-order valence-electron chi connectivity index (χ1n) is 9.97. The minimum atomic E-state index is -0.324. The molecule has 4 rings (SSSR count). The largest absolute Gasteiger partial charge is 0.315 e. The highest BCUT2D eigenvalue weighted by Gasteiger charge is 2.24. The van der Waals surface area contributed by atoms with Crippen LogP contribution in [-0.4, -0.2) is 28.9 Å². The topological polar surface area (TPSA) is 69.0 Å². The molecule has 0 spiro atoms. The third kappa shape index (κ3) is 4.20. The van der Waals surface area contributed by atoms with Crippen LogP contribution in [-0.2, 0) is 24.2 Å². The van der Waals surface area contributed by atoms with E-state index in [1.54, 1.807) is 22.7 Å². The molecule has 0 saturated carbocycles. The van der Waals surface area contributed by atoms with E-state index >= 15 is 0 Å². The van der Waals surface area contributed by atoms with Gasteiger partial charge in [0.1, 0.15) is 16.1 Å². The van der Waals surface area contributed by atoms with Crippen molar-refractivity contribution in [3.05, 3.63) is 45.3 Å². The first kappa shape index (κ1) is 20.0. The molecule has 1 aliphatic rings. The average Bonchev–Trinajstić information content (AvgIpc) is 3.18. The van der Waals surface area contributed by atoms with Crippen LogP contribution < -0.4 is 5.32 Å². The molecule has 150 valence electrons. The van der Waals surface area contributed by atoms with Crippen LogP contribution in [0.5, 0.6) is 0 Å². The van der Waals surface area contributed by atoms with E-state index < -0.39 is 0 Å². The summed E-state index contributed by atoms with van der Waals surface area (Å²) in [6, 6.07) is 10.1. The number of para-hydroxylation sites is 1. The number of benzene rings is 1. The van der Waals surface area contributed by atoms with Crippen molar-refractivity contribution >= 4 is 43.8 Å². The van der Waals surface area contributed by atoms with Gasteiger partial charge in [0.15, 0.2) is 0 Å². The first-order chi connectivity index (χ1) is 14.1. The highest BCUT2D eigenvalue weighted by Crippen LogP contribution is 2.37. The Morgan fingerprint density at radius 3 is 2.86 bits per heavy atom. The number of thiophene rings is 1. The van der Waals surface area contributed by atoms with Crippen molar-refractivity contribution in [3.8, 4) is 6.07 Å². The van der Waals surface area contributed by atoms with Gasteiger partial charge in [-0.2, -0.15) is 5.26 Å². The van der Waals surface area contributed by atoms with E-state index in [0.717, 1.165) is 46.5 Å². The predicted molar refractivity (Wildman–Crippen MR) is 119 cm³/mol. The number of likely N-dealkylation sites (N-methyl/N-ethyl adjacent to an activating group) is 1. The fourth-order valence-electron chi connectivity index (χ4n) is 3.70. The van der Waals surface area contributed by atoms with Gasteiger partial charge < -0.3 is 5.32 Å². The molecule has 1 N–H and O–H groups in total. The lowest BCUT2D eigenvalue weighted by atomic mass is 10.1. The third-order valence-corrected chi connectivity index (χ3v) is 7.76. The number of carbonyl (C=O) groups excluding carboxylic acids is 1. The van der Waals surface area contributed by atoms with Gasteiger partial charge in [-0.25, -0.2) is 4.98 Å². The Balaban J connectivity index is 1.46. The highest BCUT2D eigenvalue weighted by atomic mass is 32.1. The van der Waals surface area contributed by atoms with Crippen LogP contribution in [0, 0.1) is 11.3 Å². The van der Waals surface area contributed by atoms with Gasteiger partial charge in [-0.3, -0.25) is 9.69 Å². The fourth-order valence-corrected chi connectivity index (χ4v) is 5.98. The van der Waals surface area contributed by atoms with Gasteiger partial charge in [-0.1, -0.05) is 18.6 Å². The summed E-state index contributed by atoms with van der Waals surface area (Å²) in [6.45, 7) is 2.51. The number of aromatic nitrogens is 1. The molecule has 1 aliphatic carbocycles. The van der Waals surface area contributed by atoms with E-state index in [-0.39, 0.29) is 11.9 Å². The number of nitriles is 1. The summed E-state index contributed by atoms with van der Waals surface area (Å²) in [5, 5.41) is 14.4. The number of rotatable bonds is 5. The smallest absolute Gasteiger partial charge is 0.242 e. The van der Waals surface area contributed by atoms with E-state index in [1.165, 1.54) is 11.3 Å². The summed E-state index contributed by atoms with van der Waals surface area (Å²) in [6.07, 6.45) is 5.44. The number of hydrogen-bond donors (Lipinski definition) is 1. The van der Waals surface area contributed by atoms with Crippen LogP contribution in [0.3, 0.4) is 0 Å². The number of anilines is 1. The molecule has 0 unspecified atom stereocenters. The van der Waals surface area contributed by atoms with Crippen molar-refractivity contribution in [1.29, 1.82) is 5.26 Å². The molecular formula is C22H24N4OS2. The zero-order valence-corrected chi connectivity index (χ0v) is 18.3. The number of fused-ring (bicyclic) bond motifs is 2. The molecule has 0 radical (unpaired) electrons. The summed E-state index contributed by atoms with van der Waals surface area (Å²) in [5.41, 5.74) is 2.82. The Morgan fingerprint density at radius 1 is 1.28 bits per heavy atom. The molecule has 2 aromatic heterocycles. The molecule has 5 nitrogen and oxygen atoms in total. The monoisotopic (exact) mass is 424 g/mol. The van der Waals surface area contributed by atoms with E-state index in [0.29, 0.717) is 17.1 Å². The normalized spacial score (nSPS) is 15.0. The van der Waals surface area contributed by atoms with E-state index in [1.807, 2.05) is 37.1 Å². The lowest BCUT2D eigenvalue weighted by Crippen LogP contribution is -2.39. The van der Waals surface area contributed by atoms with E-state index in [9.17, 15) is 10.1 Å². The number of amides is 1. The van der Waals surface area contributed by atoms with Crippen LogP contribution in [0.15, 0.2) is 24.3 Å². The van der Waals surface area contributed by atoms with Crippen molar-refractivity contribution < 1.29 is 4.79 Å². The van der Waals surface area contributed by atoms with E-state index in [2.05, 4.69) is 22.4 Å². The standard InChI is InChI=1S/C22H24N4OS2/c1-14(26(2)13-20-24-17-9-6-7-11-19(17)28-20)21(27)25-22-16(12-23)15-8-4-3-5-10-18(15)29-22/h6-7,9,11,14H,3-5,8,10,13H2,1-2H3,(H,25,27)/t14-/m1/s1. The van der Waals surface area contributed by atoms with Gasteiger partial charge in [-0.15, -0.1) is 22.7 Å². The Bertz CT molecular complexity index is 1050. The number of thiazole rings is 1. The fraction of sp³-hybridized carbons (Fsp3) is 0.409. The highest BCUT2D eigenvalue weighted by molar-refractivity contribution is 7.18. The summed E-state index contributed by atoms with van der Waals surface area (Å²) >= 11 is 3.24. The van der Waals surface area contributed by atoms with Gasteiger partial charge in [0.2, 0.25) is 5.91 Å². The molecule has 29 heavy (non-hydrogen) atoms. The SMILES string of the molecule is C[C@H](C(=O)Nc1sc2c(c1C#N)CCCCC2)N(C)Cc1nc2ccccc2s1. The number of hydrogen-bond acceptors (Lipinski definition) is 6. The van der Waals surface area contributed by atoms with Gasteiger partial charge in [0, 0.05) is 4.88 Å². The zero-order chi connectivity index (χ0) is 20.4. The summed E-state index contributed by atoms with van der Waals surface area (Å²) < 4.78 is 1.16. The van der Waals surface area contributed by atoms with Crippen LogP contribution >= 0.6 is 22.7 Å². The second-order valence-electron chi connectivity index (χ2n) is 7.54. The second kappa shape index (κ2) is 8.62. The molecule has 1 amide bonds. The lowest BCUT2D eigenvalue weighted by Gasteiger charge is -2.22. The Hall–Kier alpha value is -2.27. The maximum Gasteiger partial charge on any atom is 0.242 e. The number of nitrogens with one attached hydrogen (secondary N) is 1. The van der Waals surface area contributed by atoms with Gasteiger partial charge in [-0.05, 0) is 57.4 Å². The molecule has 3 aromatic rings. The zero-order valence-electron chi connectivity index (χ0n) is 16.7. The van der Waals surface area contributed by atoms with Crippen molar-refractivity contribution in [2.75, 3.05) is 12.4 Å². The molecule has 0 saturated heterocycles. The first-order valence-corrected chi connectivity index (χ1v) is 11.6. The third-order valence-electron chi connectivity index (χ3n) is 5.53. The van der Waals surface area contributed by atoms with Crippen molar-refractivity contribution in [1.82, 2.24) is 9.88 Å². The minimum absolute atomic E-state index is 0.0819. The number of carbonyl (C=O) groups is 1. The van der Waals surface area contributed by atoms with Crippen LogP contribution in [0.2, 0.25) is 0 Å². The molecular weight excluding hydrogens is 400 g/mol. The second-order valence-corrected chi connectivity index (χ2v) is 9.76. The molecule has 0 aliphatic heterocycles. The Kier molecular flexibility index (Phi) is 5.95. The minimum Gasteiger partial charge on any atom is -0.315 e. The van der Waals surface area contributed by atoms with Crippen molar-refractivity contribution in [3.63, 3.8) is 0 Å². The van der Waals surface area contributed by atoms with E-state index in [4.69, 9.17) is 0 Å². The summed E-state index contributed by atoms with van der Waals surface area (Å²) in [5.74, 6) is -0.0819. The number of nitrogens with zero attached hydrogens (tertiary/aromatic N) is 3. The molecule has 1 aromatic carbocycles. The van der Waals surface area contributed by atoms with Crippen LogP contribution in [0.1, 0.15) is 47.2 Å². The molecule has 2 heterocycles. The molecule has 1 atom stereocenters. The maximum atomic E-state index is 12.9. The van der Waals surface area contributed by atoms with Crippen molar-refractivity contribution in [2.24, 2.45) is 0 Å². The lowest BCUT2D eigenvalue weighted by molar-refractivity contribution is -0.120. The average molecular weight is 425 g/mol. The summed E-state index contributed by atoms with van der Waals surface area (Å²) in [7, 11) is 1.94. The molecule has 0 fully saturated rings. The van der Waals surface area contributed by atoms with Crippen molar-refractivity contribution in [2.45, 2.75) is 51.6 Å². The Morgan fingerprint density at radius 2 is 2.07 bits per heavy atom. The molecule has 7 heteroatoms. The predicted octanol–water partition coefficient (Wildman–Crippen LogP) is 4.96. The summed E-state index contributed by atoms with van der Waals surface area (Å²) in [4.78, 5) is 20.8.